The molecule has 236 valence electrons. The van der Waals surface area contributed by atoms with Crippen LogP contribution in [0.25, 0.3) is 44.4 Å². The second-order valence-electron chi connectivity index (χ2n) is 11.6. The topological polar surface area (TPSA) is 74.6 Å². The van der Waals surface area contributed by atoms with Crippen LogP contribution in [0.2, 0.25) is 5.02 Å². The molecule has 0 unspecified atom stereocenters. The van der Waals surface area contributed by atoms with E-state index in [1.165, 1.54) is 29.3 Å². The Kier molecular flexibility index (Phi) is 7.96. The molecule has 1 aliphatic rings. The van der Waals surface area contributed by atoms with Gasteiger partial charge in [-0.25, -0.2) is 21.6 Å². The number of aromatic nitrogens is 1. The number of rotatable bonds is 7. The first-order chi connectivity index (χ1) is 22.7. The third-order valence-corrected chi connectivity index (χ3v) is 10.6. The van der Waals surface area contributed by atoms with Gasteiger partial charge in [-0.2, -0.15) is 0 Å². The van der Waals surface area contributed by atoms with Crippen molar-refractivity contribution >= 4 is 38.5 Å². The highest BCUT2D eigenvalue weighted by molar-refractivity contribution is 7.90. The summed E-state index contributed by atoms with van der Waals surface area (Å²) in [4.78, 5) is 12.2. The van der Waals surface area contributed by atoms with Crippen molar-refractivity contribution in [3.8, 4) is 33.5 Å². The van der Waals surface area contributed by atoms with E-state index in [9.17, 15) is 13.2 Å². The van der Waals surface area contributed by atoms with E-state index in [0.717, 1.165) is 16.7 Å². The number of fused-ring (bicyclic) bond motifs is 1. The largest absolute Gasteiger partial charge is 0.465 e. The number of carbonyl (C=O) groups excluding carboxylic acids is 1. The number of methoxy groups -OCH3 is 1. The van der Waals surface area contributed by atoms with Crippen molar-refractivity contribution in [1.82, 2.24) is 3.97 Å². The molecule has 7 rings (SSSR count). The monoisotopic (exact) mass is 665 g/mol. The molecule has 9 heteroatoms. The van der Waals surface area contributed by atoms with Crippen molar-refractivity contribution in [2.24, 2.45) is 0 Å². The fourth-order valence-corrected chi connectivity index (χ4v) is 7.99. The lowest BCUT2D eigenvalue weighted by Gasteiger charge is -2.28. The van der Waals surface area contributed by atoms with Crippen LogP contribution in [0, 0.1) is 12.7 Å². The number of hydrogen-bond acceptors (Lipinski definition) is 5. The van der Waals surface area contributed by atoms with E-state index in [1.54, 1.807) is 42.5 Å². The molecular weight excluding hydrogens is 637 g/mol. The van der Waals surface area contributed by atoms with E-state index in [1.807, 2.05) is 55.5 Å². The lowest BCUT2D eigenvalue weighted by atomic mass is 9.87. The van der Waals surface area contributed by atoms with Gasteiger partial charge in [-0.1, -0.05) is 77.8 Å². The number of hydrogen-bond donors (Lipinski definition) is 0. The van der Waals surface area contributed by atoms with E-state index in [2.05, 4.69) is 0 Å². The molecule has 1 aromatic heterocycles. The first-order valence-corrected chi connectivity index (χ1v) is 16.8. The quantitative estimate of drug-likeness (QED) is 0.159. The number of halogens is 2. The number of ether oxygens (including phenoxy) is 2. The van der Waals surface area contributed by atoms with E-state index in [4.69, 9.17) is 21.1 Å². The number of aryl methyl sites for hydroxylation is 1. The summed E-state index contributed by atoms with van der Waals surface area (Å²) in [6.45, 7) is 2.97. The molecule has 0 bridgehead atoms. The molecule has 5 aromatic carbocycles. The molecule has 2 heterocycles. The van der Waals surface area contributed by atoms with Gasteiger partial charge in [0.05, 0.1) is 42.0 Å². The van der Waals surface area contributed by atoms with Gasteiger partial charge in [0.2, 0.25) is 0 Å². The lowest BCUT2D eigenvalue weighted by Crippen LogP contribution is -2.25. The molecule has 1 fully saturated rings. The summed E-state index contributed by atoms with van der Waals surface area (Å²) in [7, 11) is -2.89. The van der Waals surface area contributed by atoms with Crippen LogP contribution in [0.5, 0.6) is 0 Å². The van der Waals surface area contributed by atoms with Gasteiger partial charge >= 0.3 is 5.97 Å². The molecule has 0 aliphatic carbocycles. The van der Waals surface area contributed by atoms with Gasteiger partial charge in [0, 0.05) is 33.0 Å². The van der Waals surface area contributed by atoms with Gasteiger partial charge in [-0.3, -0.25) is 0 Å². The number of carbonyl (C=O) groups is 1. The Morgan fingerprint density at radius 2 is 1.62 bits per heavy atom. The number of esters is 1. The predicted molar refractivity (Wildman–Crippen MR) is 182 cm³/mol. The fraction of sp³-hybridized carbons (Fsp3) is 0.132. The molecule has 1 saturated heterocycles. The molecule has 0 N–H and O–H groups in total. The van der Waals surface area contributed by atoms with Crippen molar-refractivity contribution in [3.63, 3.8) is 0 Å². The van der Waals surface area contributed by atoms with E-state index in [0.29, 0.717) is 62.7 Å². The Bertz CT molecular complexity index is 2290. The molecule has 6 nitrogen and oxygen atoms in total. The Labute approximate surface area is 277 Å². The van der Waals surface area contributed by atoms with Crippen LogP contribution in [0.4, 0.5) is 4.39 Å². The Balaban J connectivity index is 1.56. The Hall–Kier alpha value is -4.76. The van der Waals surface area contributed by atoms with Crippen molar-refractivity contribution in [3.05, 3.63) is 137 Å². The van der Waals surface area contributed by atoms with Crippen LogP contribution >= 0.6 is 11.6 Å². The van der Waals surface area contributed by atoms with Crippen molar-refractivity contribution in [2.45, 2.75) is 17.7 Å². The van der Waals surface area contributed by atoms with Gasteiger partial charge in [0.15, 0.2) is 0 Å². The fourth-order valence-electron chi connectivity index (χ4n) is 6.16. The molecule has 0 saturated carbocycles. The zero-order valence-corrected chi connectivity index (χ0v) is 27.1. The molecule has 0 spiro atoms. The summed E-state index contributed by atoms with van der Waals surface area (Å²) < 4.78 is 56.2. The van der Waals surface area contributed by atoms with Gasteiger partial charge < -0.3 is 9.47 Å². The molecule has 0 atom stereocenters. The average Bonchev–Trinajstić information content (AvgIpc) is 3.39. The van der Waals surface area contributed by atoms with Crippen LogP contribution in [0.3, 0.4) is 0 Å². The Morgan fingerprint density at radius 3 is 2.32 bits per heavy atom. The predicted octanol–water partition coefficient (Wildman–Crippen LogP) is 8.88. The summed E-state index contributed by atoms with van der Waals surface area (Å²) in [6, 6.07) is 31.0. The second-order valence-corrected chi connectivity index (χ2v) is 13.8. The lowest BCUT2D eigenvalue weighted by molar-refractivity contribution is 0.00864. The third kappa shape index (κ3) is 5.42. The minimum Gasteiger partial charge on any atom is -0.465 e. The van der Waals surface area contributed by atoms with Gasteiger partial charge in [-0.05, 0) is 72.1 Å². The number of benzene rings is 5. The summed E-state index contributed by atoms with van der Waals surface area (Å²) in [6.07, 6.45) is 0. The van der Waals surface area contributed by atoms with Crippen LogP contribution in [0.15, 0.2) is 114 Å². The van der Waals surface area contributed by atoms with Crippen LogP contribution in [-0.2, 0) is 19.5 Å². The summed E-state index contributed by atoms with van der Waals surface area (Å²) in [5, 5.41) is 0.796. The minimum absolute atomic E-state index is 0.107. The minimum atomic E-state index is -4.20. The highest BCUT2D eigenvalue weighted by Gasteiger charge is 2.32. The molecular formula is C38H29ClFNO5S. The third-order valence-electron chi connectivity index (χ3n) is 8.59. The molecule has 1 aliphatic heterocycles. The van der Waals surface area contributed by atoms with Crippen molar-refractivity contribution < 1.29 is 27.1 Å². The molecule has 0 radical (unpaired) electrons. The van der Waals surface area contributed by atoms with Crippen molar-refractivity contribution in [2.75, 3.05) is 20.3 Å². The van der Waals surface area contributed by atoms with Gasteiger partial charge in [0.1, 0.15) is 5.82 Å². The maximum absolute atomic E-state index is 15.1. The highest BCUT2D eigenvalue weighted by Crippen LogP contribution is 2.47. The standard InChI is InChI=1S/C38H29ClFNO5S/c1-23-10-14-29(15-11-23)47(43,44)41-35-17-13-28(40)20-33(35)36(32-9-4-3-8-30(32)27-21-46-22-27)37(41)25-7-5-6-24(18-25)31-16-12-26(19-34(31)39)38(42)45-2/h3-20,27H,21-22H2,1-2H3. The van der Waals surface area contributed by atoms with Gasteiger partial charge in [-0.15, -0.1) is 0 Å². The summed E-state index contributed by atoms with van der Waals surface area (Å²) in [5.74, 6) is -0.880. The SMILES string of the molecule is COC(=O)c1ccc(-c2cccc(-c3c(-c4ccccc4C4COC4)c4cc(F)ccc4n3S(=O)(=O)c3ccc(C)cc3)c2)c(Cl)c1. The van der Waals surface area contributed by atoms with Gasteiger partial charge in [0.25, 0.3) is 10.0 Å². The molecule has 47 heavy (non-hydrogen) atoms. The maximum Gasteiger partial charge on any atom is 0.337 e. The molecule has 0 amide bonds. The van der Waals surface area contributed by atoms with Crippen LogP contribution < -0.4 is 0 Å². The van der Waals surface area contributed by atoms with E-state index < -0.39 is 21.8 Å². The summed E-state index contributed by atoms with van der Waals surface area (Å²) >= 11 is 6.68. The smallest absolute Gasteiger partial charge is 0.337 e. The zero-order valence-electron chi connectivity index (χ0n) is 25.5. The van der Waals surface area contributed by atoms with Crippen LogP contribution in [0.1, 0.15) is 27.4 Å². The zero-order chi connectivity index (χ0) is 32.9. The maximum atomic E-state index is 15.1. The summed E-state index contributed by atoms with van der Waals surface area (Å²) in [5.41, 5.74) is 6.29. The first kappa shape index (κ1) is 30.9. The normalized spacial score (nSPS) is 13.4. The van der Waals surface area contributed by atoms with Crippen molar-refractivity contribution in [1.29, 1.82) is 0 Å². The first-order valence-electron chi connectivity index (χ1n) is 15.0. The van der Waals surface area contributed by atoms with Crippen LogP contribution in [-0.4, -0.2) is 38.7 Å². The highest BCUT2D eigenvalue weighted by atomic mass is 35.5. The van der Waals surface area contributed by atoms with E-state index in [-0.39, 0.29) is 10.8 Å². The second kappa shape index (κ2) is 12.1. The van der Waals surface area contributed by atoms with E-state index >= 15 is 4.39 Å². The average molecular weight is 666 g/mol. The Morgan fingerprint density at radius 1 is 0.872 bits per heavy atom. The molecule has 6 aromatic rings. The number of nitrogens with zero attached hydrogens (tertiary/aromatic N) is 1.